The molecule has 0 saturated carbocycles. The van der Waals surface area contributed by atoms with Gasteiger partial charge in [0.15, 0.2) is 5.76 Å². The lowest BCUT2D eigenvalue weighted by Crippen LogP contribution is -2.48. The highest BCUT2D eigenvalue weighted by molar-refractivity contribution is 7.13. The molecule has 4 aromatic carbocycles. The van der Waals surface area contributed by atoms with Gasteiger partial charge in [0.05, 0.1) is 85.0 Å². The van der Waals surface area contributed by atoms with E-state index in [-0.39, 0.29) is 67.4 Å². The number of thiazole rings is 1. The third kappa shape index (κ3) is 14.0. The van der Waals surface area contributed by atoms with Gasteiger partial charge in [-0.05, 0) is 83.6 Å². The first-order valence-corrected chi connectivity index (χ1v) is 26.1. The molecule has 2 aliphatic heterocycles. The summed E-state index contributed by atoms with van der Waals surface area (Å²) in [5, 5.41) is 28.7. The highest BCUT2D eigenvalue weighted by Gasteiger charge is 2.43. The van der Waals surface area contributed by atoms with Crippen LogP contribution in [0, 0.1) is 23.0 Å². The van der Waals surface area contributed by atoms with Gasteiger partial charge in [0.1, 0.15) is 30.9 Å². The van der Waals surface area contributed by atoms with E-state index in [1.54, 1.807) is 52.7 Å². The van der Waals surface area contributed by atoms with E-state index in [0.717, 1.165) is 44.1 Å². The second-order valence-corrected chi connectivity index (χ2v) is 19.5. The van der Waals surface area contributed by atoms with Crippen LogP contribution < -0.4 is 19.7 Å². The summed E-state index contributed by atoms with van der Waals surface area (Å²) in [4.78, 5) is 60.5. The van der Waals surface area contributed by atoms with E-state index in [1.165, 1.54) is 17.0 Å². The number of carbonyl (C=O) groups is 3. The summed E-state index contributed by atoms with van der Waals surface area (Å²) in [6.07, 6.45) is 4.63. The molecule has 1 saturated heterocycles. The van der Waals surface area contributed by atoms with Crippen molar-refractivity contribution in [2.75, 3.05) is 64.3 Å². The van der Waals surface area contributed by atoms with Crippen molar-refractivity contribution in [2.45, 2.75) is 64.8 Å². The highest BCUT2D eigenvalue weighted by atomic mass is 32.1. The minimum Gasteiger partial charge on any atom is -0.491 e. The monoisotopic (exact) mass is 1050 g/mol. The number of non-ortho nitro benzene ring substituents is 1. The zero-order valence-corrected chi connectivity index (χ0v) is 43.7. The SMILES string of the molecule is Cc1ncsc1-c1ccc([C@H](C)NC(=O)[C@@H]2C[C@@H](O)CN2C(=O)[C@@H](c2cc(OCCOCCOCCOCCOc3ccc(CN4C(=O)/C(=C\C=C\c5ccc([N+](=O)[O-])cc5)c5ccccc54)cc3)no2)C(C)C)cc1. The van der Waals surface area contributed by atoms with E-state index >= 15 is 0 Å². The number of hydrogen-bond acceptors (Lipinski definition) is 15. The fraction of sp³-hybridized carbons (Fsp3) is 0.351. The van der Waals surface area contributed by atoms with Crippen LogP contribution in [0.5, 0.6) is 11.6 Å². The maximum absolute atomic E-state index is 14.1. The zero-order valence-electron chi connectivity index (χ0n) is 42.9. The summed E-state index contributed by atoms with van der Waals surface area (Å²) in [5.41, 5.74) is 8.71. The van der Waals surface area contributed by atoms with E-state index < -0.39 is 23.0 Å². The molecule has 0 aliphatic carbocycles. The van der Waals surface area contributed by atoms with E-state index in [1.807, 2.05) is 106 Å². The molecule has 2 N–H and O–H groups in total. The standard InChI is InChI=1S/C57H62N6O12S/c1-37(2)53(57(67)62-35-45(64)32-50(62)55(65)59-38(3)42-16-18-43(19-17-42)54-39(4)58-36-76-54)51-33-52(60-75-51)74-31-29-72-27-25-70-24-26-71-28-30-73-46-22-14-41(15-23-46)34-61-49-11-6-5-9-47(49)48(56(61)66)10-7-8-40-12-20-44(21-13-40)63(68)69/h5-23,33,36-38,45,50,53,64H,24-32,34-35H2,1-4H3,(H,59,65)/b8-7+,48-10-/t38-,45+,50-,53+/m0/s1. The number of ether oxygens (including phenoxy) is 5. The van der Waals surface area contributed by atoms with E-state index in [2.05, 4.69) is 15.5 Å². The number of aromatic nitrogens is 2. The third-order valence-electron chi connectivity index (χ3n) is 13.0. The van der Waals surface area contributed by atoms with Crippen molar-refractivity contribution in [1.82, 2.24) is 20.4 Å². The Morgan fingerprint density at radius 1 is 0.895 bits per heavy atom. The summed E-state index contributed by atoms with van der Waals surface area (Å²) in [6, 6.07) is 29.8. The largest absolute Gasteiger partial charge is 0.491 e. The normalized spacial score (nSPS) is 16.7. The average molecular weight is 1060 g/mol. The van der Waals surface area contributed by atoms with Gasteiger partial charge in [-0.3, -0.25) is 24.5 Å². The average Bonchev–Trinajstić information content (AvgIpc) is 4.26. The van der Waals surface area contributed by atoms with Gasteiger partial charge in [0.2, 0.25) is 11.8 Å². The summed E-state index contributed by atoms with van der Waals surface area (Å²) in [5.74, 6) is -0.580. The van der Waals surface area contributed by atoms with Gasteiger partial charge in [0, 0.05) is 42.3 Å². The minimum atomic E-state index is -0.854. The molecule has 4 heterocycles. The van der Waals surface area contributed by atoms with Crippen molar-refractivity contribution in [3.63, 3.8) is 0 Å². The molecule has 1 fully saturated rings. The smallest absolute Gasteiger partial charge is 0.269 e. The van der Waals surface area contributed by atoms with Gasteiger partial charge in [0.25, 0.3) is 17.5 Å². The summed E-state index contributed by atoms with van der Waals surface area (Å²) in [6.45, 7) is 10.6. The molecule has 76 heavy (non-hydrogen) atoms. The molecule has 2 aromatic heterocycles. The number of rotatable bonds is 26. The predicted molar refractivity (Wildman–Crippen MR) is 287 cm³/mol. The molecule has 3 amide bonds. The number of nitro benzene ring substituents is 1. The maximum Gasteiger partial charge on any atom is 0.269 e. The quantitative estimate of drug-likeness (QED) is 0.0225. The van der Waals surface area contributed by atoms with Gasteiger partial charge in [-0.25, -0.2) is 4.98 Å². The Morgan fingerprint density at radius 2 is 1.57 bits per heavy atom. The molecule has 6 aromatic rings. The van der Waals surface area contributed by atoms with Crippen molar-refractivity contribution in [2.24, 2.45) is 5.92 Å². The van der Waals surface area contributed by atoms with Crippen molar-refractivity contribution in [1.29, 1.82) is 0 Å². The lowest BCUT2D eigenvalue weighted by molar-refractivity contribution is -0.384. The topological polar surface area (TPSA) is 218 Å². The number of nitro groups is 1. The number of hydrogen-bond donors (Lipinski definition) is 2. The number of likely N-dealkylation sites (tertiary alicyclic amines) is 1. The first kappa shape index (κ1) is 54.7. The Kier molecular flexibility index (Phi) is 18.9. The van der Waals surface area contributed by atoms with Crippen molar-refractivity contribution in [3.8, 4) is 22.1 Å². The summed E-state index contributed by atoms with van der Waals surface area (Å²) in [7, 11) is 0. The molecule has 18 nitrogen and oxygen atoms in total. The molecule has 8 rings (SSSR count). The van der Waals surface area contributed by atoms with Crippen LogP contribution in [0.25, 0.3) is 22.1 Å². The van der Waals surface area contributed by atoms with Crippen LogP contribution in [0.15, 0.2) is 125 Å². The third-order valence-corrected chi connectivity index (χ3v) is 14.0. The van der Waals surface area contributed by atoms with Crippen molar-refractivity contribution >= 4 is 52.1 Å². The molecule has 0 radical (unpaired) electrons. The molecule has 4 atom stereocenters. The van der Waals surface area contributed by atoms with E-state index in [9.17, 15) is 29.6 Å². The zero-order chi connectivity index (χ0) is 53.6. The predicted octanol–water partition coefficient (Wildman–Crippen LogP) is 8.74. The number of aryl methyl sites for hydroxylation is 1. The Balaban J connectivity index is 0.682. The number of aliphatic hydroxyl groups is 1. The molecule has 398 valence electrons. The van der Waals surface area contributed by atoms with Crippen LogP contribution in [0.3, 0.4) is 0 Å². The highest BCUT2D eigenvalue weighted by Crippen LogP contribution is 2.38. The lowest BCUT2D eigenvalue weighted by Gasteiger charge is -2.29. The molecular weight excluding hydrogens is 993 g/mol. The number of β-amino-alcohol motifs (C(OH)–C–C–N with tert-alkyl or cyclic N) is 1. The van der Waals surface area contributed by atoms with Gasteiger partial charge in [-0.1, -0.05) is 80.6 Å². The molecule has 0 unspecified atom stereocenters. The van der Waals surface area contributed by atoms with Crippen LogP contribution >= 0.6 is 11.3 Å². The van der Waals surface area contributed by atoms with Crippen LogP contribution in [-0.2, 0) is 35.1 Å². The Morgan fingerprint density at radius 3 is 2.22 bits per heavy atom. The van der Waals surface area contributed by atoms with Crippen molar-refractivity contribution < 1.29 is 52.6 Å². The van der Waals surface area contributed by atoms with Crippen LogP contribution in [-0.4, -0.2) is 114 Å². The summed E-state index contributed by atoms with van der Waals surface area (Å²) < 4.78 is 34.2. The number of allylic oxidation sites excluding steroid dienone is 2. The number of nitrogens with one attached hydrogen (secondary N) is 1. The fourth-order valence-electron chi connectivity index (χ4n) is 9.03. The van der Waals surface area contributed by atoms with Gasteiger partial charge >= 0.3 is 0 Å². The number of anilines is 1. The van der Waals surface area contributed by atoms with Crippen LogP contribution in [0.2, 0.25) is 0 Å². The van der Waals surface area contributed by atoms with Gasteiger partial charge in [-0.2, -0.15) is 0 Å². The van der Waals surface area contributed by atoms with Crippen LogP contribution in [0.4, 0.5) is 11.4 Å². The second kappa shape index (κ2) is 26.3. The van der Waals surface area contributed by atoms with Crippen LogP contribution in [0.1, 0.15) is 72.9 Å². The minimum absolute atomic E-state index is 0.0185. The molecule has 0 bridgehead atoms. The Bertz CT molecular complexity index is 2970. The molecular formula is C57H62N6O12S. The second-order valence-electron chi connectivity index (χ2n) is 18.7. The lowest BCUT2D eigenvalue weighted by atomic mass is 9.91. The van der Waals surface area contributed by atoms with Crippen molar-refractivity contribution in [3.05, 3.63) is 165 Å². The number of fused-ring (bicyclic) bond motifs is 1. The van der Waals surface area contributed by atoms with Gasteiger partial charge < -0.3 is 48.4 Å². The summed E-state index contributed by atoms with van der Waals surface area (Å²) >= 11 is 1.58. The first-order valence-electron chi connectivity index (χ1n) is 25.2. The molecule has 19 heteroatoms. The Labute approximate surface area is 445 Å². The maximum atomic E-state index is 14.1. The number of carbonyl (C=O) groups excluding carboxylic acids is 3. The fourth-order valence-corrected chi connectivity index (χ4v) is 9.84. The number of nitrogens with zero attached hydrogens (tertiary/aromatic N) is 5. The Hall–Kier alpha value is -7.55. The first-order chi connectivity index (χ1) is 36.8. The number of benzene rings is 4. The molecule has 2 aliphatic rings. The van der Waals surface area contributed by atoms with Gasteiger partial charge in [-0.15, -0.1) is 11.3 Å². The molecule has 0 spiro atoms. The number of amides is 3. The number of para-hydroxylation sites is 1. The number of aliphatic hydroxyl groups excluding tert-OH is 1. The van der Waals surface area contributed by atoms with E-state index in [0.29, 0.717) is 63.3 Å². The van der Waals surface area contributed by atoms with E-state index in [4.69, 9.17) is 28.2 Å².